The van der Waals surface area contributed by atoms with Crippen molar-refractivity contribution >= 4 is 11.7 Å². The van der Waals surface area contributed by atoms with Crippen molar-refractivity contribution in [3.63, 3.8) is 0 Å². The number of nitriles is 1. The van der Waals surface area contributed by atoms with Gasteiger partial charge < -0.3 is 9.84 Å². The molecule has 0 fully saturated rings. The average Bonchev–Trinajstić information content (AvgIpc) is 2.47. The Hall–Kier alpha value is -3.54. The Morgan fingerprint density at radius 2 is 2.24 bits per heavy atom. The van der Waals surface area contributed by atoms with Crippen LogP contribution in [0.15, 0.2) is 30.6 Å². The Morgan fingerprint density at radius 3 is 2.86 bits per heavy atom. The van der Waals surface area contributed by atoms with E-state index in [-0.39, 0.29) is 11.3 Å². The molecule has 0 aliphatic heterocycles. The lowest BCUT2D eigenvalue weighted by atomic mass is 10.3. The van der Waals surface area contributed by atoms with Crippen LogP contribution >= 0.6 is 0 Å². The molecule has 21 heavy (non-hydrogen) atoms. The maximum absolute atomic E-state index is 11.0. The molecule has 0 spiro atoms. The summed E-state index contributed by atoms with van der Waals surface area (Å²) in [6.07, 6.45) is 2.33. The number of hydrogen-bond acceptors (Lipinski definition) is 7. The molecule has 9 nitrogen and oxygen atoms in total. The smallest absolute Gasteiger partial charge is 0.358 e. The van der Waals surface area contributed by atoms with Crippen molar-refractivity contribution in [3.8, 4) is 17.7 Å². The zero-order valence-corrected chi connectivity index (χ0v) is 10.3. The zero-order chi connectivity index (χ0) is 15.4. The number of nitrogens with zero attached hydrogens (tertiary/aromatic N) is 4. The highest BCUT2D eigenvalue weighted by Gasteiger charge is 2.21. The van der Waals surface area contributed by atoms with E-state index < -0.39 is 28.2 Å². The third-order valence-electron chi connectivity index (χ3n) is 2.34. The molecule has 2 rings (SSSR count). The fourth-order valence-corrected chi connectivity index (χ4v) is 1.45. The van der Waals surface area contributed by atoms with E-state index in [0.29, 0.717) is 0 Å². The van der Waals surface area contributed by atoms with Crippen LogP contribution in [-0.4, -0.2) is 26.0 Å². The molecule has 0 aliphatic rings. The van der Waals surface area contributed by atoms with Gasteiger partial charge in [-0.3, -0.25) is 10.1 Å². The molecule has 0 aliphatic carbocycles. The van der Waals surface area contributed by atoms with Crippen molar-refractivity contribution in [1.29, 1.82) is 5.26 Å². The summed E-state index contributed by atoms with van der Waals surface area (Å²) >= 11 is 0. The number of hydrogen-bond donors (Lipinski definition) is 1. The lowest BCUT2D eigenvalue weighted by molar-refractivity contribution is -0.386. The summed E-state index contributed by atoms with van der Waals surface area (Å²) in [7, 11) is 0. The van der Waals surface area contributed by atoms with E-state index in [0.717, 1.165) is 12.3 Å². The van der Waals surface area contributed by atoms with Crippen molar-refractivity contribution in [2.75, 3.05) is 0 Å². The third kappa shape index (κ3) is 2.90. The van der Waals surface area contributed by atoms with Gasteiger partial charge in [0.25, 0.3) is 5.88 Å². The molecule has 2 aromatic heterocycles. The van der Waals surface area contributed by atoms with Gasteiger partial charge in [-0.2, -0.15) is 5.26 Å². The van der Waals surface area contributed by atoms with Crippen molar-refractivity contribution in [2.24, 2.45) is 0 Å². The molecule has 0 saturated heterocycles. The summed E-state index contributed by atoms with van der Waals surface area (Å²) in [6.45, 7) is 0. The topological polar surface area (TPSA) is 139 Å². The van der Waals surface area contributed by atoms with E-state index in [9.17, 15) is 14.9 Å². The number of aromatic carboxylic acids is 1. The largest absolute Gasteiger partial charge is 0.476 e. The SMILES string of the molecule is N#Cc1cnc(Oc2cccnc2C(=O)O)c([N+](=O)[O-])c1. The predicted molar refractivity (Wildman–Crippen MR) is 66.9 cm³/mol. The Labute approximate surface area is 117 Å². The van der Waals surface area contributed by atoms with E-state index in [1.807, 2.05) is 0 Å². The minimum Gasteiger partial charge on any atom is -0.476 e. The van der Waals surface area contributed by atoms with Crippen LogP contribution in [-0.2, 0) is 0 Å². The standard InChI is InChI=1S/C12H6N4O5/c13-5-7-4-8(16(19)20)11(15-6-7)21-9-2-1-3-14-10(9)12(17)18/h1-4,6H,(H,17,18). The molecule has 0 unspecified atom stereocenters. The molecular weight excluding hydrogens is 280 g/mol. The molecule has 2 aromatic rings. The van der Waals surface area contributed by atoms with Gasteiger partial charge in [-0.25, -0.2) is 14.8 Å². The number of ether oxygens (including phenoxy) is 1. The number of rotatable bonds is 4. The van der Waals surface area contributed by atoms with Crippen LogP contribution in [0.3, 0.4) is 0 Å². The molecule has 9 heteroatoms. The van der Waals surface area contributed by atoms with Crippen LogP contribution in [0.5, 0.6) is 11.6 Å². The van der Waals surface area contributed by atoms with Crippen molar-refractivity contribution in [2.45, 2.75) is 0 Å². The monoisotopic (exact) mass is 286 g/mol. The molecule has 104 valence electrons. The lowest BCUT2D eigenvalue weighted by Gasteiger charge is -2.07. The Balaban J connectivity index is 2.48. The zero-order valence-electron chi connectivity index (χ0n) is 10.3. The summed E-state index contributed by atoms with van der Waals surface area (Å²) in [5.74, 6) is -1.96. The minimum absolute atomic E-state index is 0.0151. The number of pyridine rings is 2. The average molecular weight is 286 g/mol. The van der Waals surface area contributed by atoms with Crippen molar-refractivity contribution < 1.29 is 19.6 Å². The van der Waals surface area contributed by atoms with Gasteiger partial charge in [-0.1, -0.05) is 0 Å². The van der Waals surface area contributed by atoms with E-state index in [1.54, 1.807) is 6.07 Å². The minimum atomic E-state index is -1.35. The molecule has 0 atom stereocenters. The first-order chi connectivity index (χ1) is 10.0. The van der Waals surface area contributed by atoms with Crippen molar-refractivity contribution in [1.82, 2.24) is 9.97 Å². The normalized spacial score (nSPS) is 9.67. The second-order valence-corrected chi connectivity index (χ2v) is 3.67. The number of carbonyl (C=O) groups is 1. The Morgan fingerprint density at radius 1 is 1.48 bits per heavy atom. The fourth-order valence-electron chi connectivity index (χ4n) is 1.45. The van der Waals surface area contributed by atoms with Gasteiger partial charge >= 0.3 is 11.7 Å². The van der Waals surface area contributed by atoms with Gasteiger partial charge in [0, 0.05) is 18.5 Å². The first-order valence-corrected chi connectivity index (χ1v) is 5.43. The summed E-state index contributed by atoms with van der Waals surface area (Å²) in [6, 6.07) is 5.40. The Kier molecular flexibility index (Phi) is 3.71. The van der Waals surface area contributed by atoms with E-state index in [4.69, 9.17) is 15.1 Å². The number of carboxylic acids is 1. The van der Waals surface area contributed by atoms with Crippen LogP contribution in [0.2, 0.25) is 0 Å². The van der Waals surface area contributed by atoms with Gasteiger partial charge in [0.2, 0.25) is 0 Å². The van der Waals surface area contributed by atoms with Crippen LogP contribution in [0.25, 0.3) is 0 Å². The molecule has 2 heterocycles. The highest BCUT2D eigenvalue weighted by atomic mass is 16.6. The van der Waals surface area contributed by atoms with Crippen LogP contribution in [0.4, 0.5) is 5.69 Å². The van der Waals surface area contributed by atoms with Crippen molar-refractivity contribution in [3.05, 3.63) is 52.0 Å². The summed E-state index contributed by atoms with van der Waals surface area (Å²) in [4.78, 5) is 28.4. The van der Waals surface area contributed by atoms with Crippen LogP contribution in [0, 0.1) is 21.4 Å². The summed E-state index contributed by atoms with van der Waals surface area (Å²) < 4.78 is 5.16. The van der Waals surface area contributed by atoms with E-state index in [2.05, 4.69) is 9.97 Å². The summed E-state index contributed by atoms with van der Waals surface area (Å²) in [5.41, 5.74) is -0.967. The van der Waals surface area contributed by atoms with E-state index >= 15 is 0 Å². The fraction of sp³-hybridized carbons (Fsp3) is 0. The molecular formula is C12H6N4O5. The number of nitro groups is 1. The van der Waals surface area contributed by atoms with E-state index in [1.165, 1.54) is 18.3 Å². The molecule has 0 radical (unpaired) electrons. The second kappa shape index (κ2) is 5.62. The lowest BCUT2D eigenvalue weighted by Crippen LogP contribution is -2.04. The van der Waals surface area contributed by atoms with Crippen LogP contribution < -0.4 is 4.74 Å². The third-order valence-corrected chi connectivity index (χ3v) is 2.34. The molecule has 0 bridgehead atoms. The highest BCUT2D eigenvalue weighted by molar-refractivity contribution is 5.88. The summed E-state index contributed by atoms with van der Waals surface area (Å²) in [5, 5.41) is 28.6. The van der Waals surface area contributed by atoms with Gasteiger partial charge in [-0.05, 0) is 12.1 Å². The van der Waals surface area contributed by atoms with Gasteiger partial charge in [0.1, 0.15) is 6.07 Å². The first kappa shape index (κ1) is 13.9. The number of carboxylic acid groups (broad SMARTS) is 1. The van der Waals surface area contributed by atoms with Crippen LogP contribution in [0.1, 0.15) is 16.1 Å². The molecule has 0 aromatic carbocycles. The van der Waals surface area contributed by atoms with Gasteiger partial charge in [0.15, 0.2) is 11.4 Å². The first-order valence-electron chi connectivity index (χ1n) is 5.43. The quantitative estimate of drug-likeness (QED) is 0.662. The predicted octanol–water partition coefficient (Wildman–Crippen LogP) is 1.75. The van der Waals surface area contributed by atoms with Gasteiger partial charge in [-0.15, -0.1) is 0 Å². The molecule has 1 N–H and O–H groups in total. The molecule has 0 saturated carbocycles. The maximum atomic E-state index is 11.0. The number of aromatic nitrogens is 2. The second-order valence-electron chi connectivity index (χ2n) is 3.67. The highest BCUT2D eigenvalue weighted by Crippen LogP contribution is 2.30. The maximum Gasteiger partial charge on any atom is 0.358 e. The Bertz CT molecular complexity index is 768. The van der Waals surface area contributed by atoms with Gasteiger partial charge in [0.05, 0.1) is 10.5 Å². The molecule has 0 amide bonds.